The molecule has 1 heterocycles. The zero-order valence-electron chi connectivity index (χ0n) is 17.4. The third kappa shape index (κ3) is 4.62. The summed E-state index contributed by atoms with van der Waals surface area (Å²) in [5.74, 6) is 1.76. The largest absolute Gasteiger partial charge is 0.493 e. The minimum Gasteiger partial charge on any atom is -0.493 e. The van der Waals surface area contributed by atoms with Gasteiger partial charge in [-0.25, -0.2) is 0 Å². The van der Waals surface area contributed by atoms with Gasteiger partial charge in [0, 0.05) is 24.2 Å². The highest BCUT2D eigenvalue weighted by molar-refractivity contribution is 7.16. The Morgan fingerprint density at radius 2 is 1.76 bits per heavy atom. The van der Waals surface area contributed by atoms with Gasteiger partial charge in [0.1, 0.15) is 5.75 Å². The van der Waals surface area contributed by atoms with Gasteiger partial charge in [-0.1, -0.05) is 18.3 Å². The molecule has 0 saturated carbocycles. The van der Waals surface area contributed by atoms with Gasteiger partial charge in [-0.2, -0.15) is 4.99 Å². The van der Waals surface area contributed by atoms with E-state index in [9.17, 15) is 4.79 Å². The molecule has 29 heavy (non-hydrogen) atoms. The highest BCUT2D eigenvalue weighted by Crippen LogP contribution is 2.33. The summed E-state index contributed by atoms with van der Waals surface area (Å²) < 4.78 is 19.5. The van der Waals surface area contributed by atoms with E-state index >= 15 is 0 Å². The lowest BCUT2D eigenvalue weighted by Gasteiger charge is -2.09. The molecule has 3 rings (SSSR count). The van der Waals surface area contributed by atoms with Crippen molar-refractivity contribution in [2.75, 3.05) is 14.2 Å². The van der Waals surface area contributed by atoms with E-state index in [1.807, 2.05) is 26.0 Å². The van der Waals surface area contributed by atoms with Crippen molar-refractivity contribution in [3.63, 3.8) is 0 Å². The smallest absolute Gasteiger partial charge is 0.279 e. The average Bonchev–Trinajstić information content (AvgIpc) is 3.03. The van der Waals surface area contributed by atoms with E-state index in [0.29, 0.717) is 21.9 Å². The zero-order chi connectivity index (χ0) is 21.0. The molecule has 1 amide bonds. The molecule has 0 atom stereocenters. The van der Waals surface area contributed by atoms with E-state index in [-0.39, 0.29) is 12.0 Å². The first-order valence-electron chi connectivity index (χ1n) is 9.58. The summed E-state index contributed by atoms with van der Waals surface area (Å²) in [6, 6.07) is 10.9. The Hall–Kier alpha value is -2.80. The fourth-order valence-corrected chi connectivity index (χ4v) is 4.09. The molecule has 0 saturated heterocycles. The van der Waals surface area contributed by atoms with Gasteiger partial charge in [-0.3, -0.25) is 4.79 Å². The van der Waals surface area contributed by atoms with Gasteiger partial charge in [0.25, 0.3) is 5.91 Å². The van der Waals surface area contributed by atoms with Gasteiger partial charge < -0.3 is 18.8 Å². The molecule has 0 unspecified atom stereocenters. The molecule has 3 aromatic rings. The van der Waals surface area contributed by atoms with Gasteiger partial charge in [0.05, 0.1) is 30.5 Å². The molecule has 6 nitrogen and oxygen atoms in total. The van der Waals surface area contributed by atoms with Crippen molar-refractivity contribution in [3.05, 3.63) is 46.8 Å². The number of amides is 1. The minimum atomic E-state index is -0.281. The van der Waals surface area contributed by atoms with Crippen molar-refractivity contribution in [2.24, 2.45) is 4.99 Å². The lowest BCUT2D eigenvalue weighted by molar-refractivity contribution is 0.0997. The SMILES string of the molecule is CCCn1c(=NC(=O)c2ccc(OC(C)C)cc2)sc2cc(OC)c(OC)cc21. The Kier molecular flexibility index (Phi) is 6.59. The third-order valence-corrected chi connectivity index (χ3v) is 5.35. The first-order chi connectivity index (χ1) is 14.0. The van der Waals surface area contributed by atoms with Crippen LogP contribution in [0, 0.1) is 0 Å². The molecule has 1 aromatic heterocycles. The third-order valence-electron chi connectivity index (χ3n) is 4.31. The van der Waals surface area contributed by atoms with Crippen molar-refractivity contribution in [1.29, 1.82) is 0 Å². The molecule has 0 aliphatic carbocycles. The molecule has 7 heteroatoms. The maximum Gasteiger partial charge on any atom is 0.279 e. The number of thiazole rings is 1. The van der Waals surface area contributed by atoms with Gasteiger partial charge >= 0.3 is 0 Å². The van der Waals surface area contributed by atoms with Crippen molar-refractivity contribution in [3.8, 4) is 17.2 Å². The predicted molar refractivity (Wildman–Crippen MR) is 115 cm³/mol. The Bertz CT molecular complexity index is 1060. The molecule has 0 bridgehead atoms. The number of nitrogens with zero attached hydrogens (tertiary/aromatic N) is 2. The number of hydrogen-bond donors (Lipinski definition) is 0. The Morgan fingerprint density at radius 3 is 2.34 bits per heavy atom. The van der Waals surface area contributed by atoms with Gasteiger partial charge in [0.2, 0.25) is 0 Å². The minimum absolute atomic E-state index is 0.0850. The molecule has 0 spiro atoms. The molecule has 0 N–H and O–H groups in total. The number of aromatic nitrogens is 1. The Morgan fingerprint density at radius 1 is 1.10 bits per heavy atom. The van der Waals surface area contributed by atoms with Crippen LogP contribution in [0.2, 0.25) is 0 Å². The summed E-state index contributed by atoms with van der Waals surface area (Å²) in [6.07, 6.45) is 1.00. The van der Waals surface area contributed by atoms with Crippen LogP contribution in [0.1, 0.15) is 37.6 Å². The predicted octanol–water partition coefficient (Wildman–Crippen LogP) is 4.66. The highest BCUT2D eigenvalue weighted by atomic mass is 32.1. The Labute approximate surface area is 174 Å². The number of carbonyl (C=O) groups is 1. The quantitative estimate of drug-likeness (QED) is 0.564. The molecule has 0 fully saturated rings. The lowest BCUT2D eigenvalue weighted by Crippen LogP contribution is -2.17. The molecule has 0 radical (unpaired) electrons. The van der Waals surface area contributed by atoms with E-state index in [1.54, 1.807) is 38.5 Å². The highest BCUT2D eigenvalue weighted by Gasteiger charge is 2.13. The molecule has 0 aliphatic rings. The van der Waals surface area contributed by atoms with Crippen molar-refractivity contribution >= 4 is 27.5 Å². The first-order valence-corrected chi connectivity index (χ1v) is 10.4. The number of aryl methyl sites for hydroxylation is 1. The monoisotopic (exact) mass is 414 g/mol. The van der Waals surface area contributed by atoms with Crippen molar-refractivity contribution in [2.45, 2.75) is 39.8 Å². The zero-order valence-corrected chi connectivity index (χ0v) is 18.2. The standard InChI is InChI=1S/C22H26N2O4S/c1-6-11-24-17-12-18(26-4)19(27-5)13-20(17)29-22(24)23-21(25)15-7-9-16(10-8-15)28-14(2)3/h7-10,12-14H,6,11H2,1-5H3. The van der Waals surface area contributed by atoms with E-state index in [0.717, 1.165) is 28.9 Å². The molecule has 2 aromatic carbocycles. The van der Waals surface area contributed by atoms with Crippen molar-refractivity contribution in [1.82, 2.24) is 4.57 Å². The van der Waals surface area contributed by atoms with Crippen LogP contribution >= 0.6 is 11.3 Å². The summed E-state index contributed by atoms with van der Waals surface area (Å²) in [4.78, 5) is 17.8. The van der Waals surface area contributed by atoms with Crippen LogP contribution in [0.15, 0.2) is 41.4 Å². The van der Waals surface area contributed by atoms with Crippen LogP contribution < -0.4 is 19.0 Å². The van der Waals surface area contributed by atoms with Crippen LogP contribution in [-0.4, -0.2) is 30.8 Å². The fourth-order valence-electron chi connectivity index (χ4n) is 3.02. The van der Waals surface area contributed by atoms with Crippen LogP contribution in [0.3, 0.4) is 0 Å². The fraction of sp³-hybridized carbons (Fsp3) is 0.364. The van der Waals surface area contributed by atoms with Crippen LogP contribution in [0.5, 0.6) is 17.2 Å². The van der Waals surface area contributed by atoms with E-state index < -0.39 is 0 Å². The number of ether oxygens (including phenoxy) is 3. The summed E-state index contributed by atoms with van der Waals surface area (Å²) in [7, 11) is 3.22. The number of fused-ring (bicyclic) bond motifs is 1. The maximum atomic E-state index is 12.8. The lowest BCUT2D eigenvalue weighted by atomic mass is 10.2. The maximum absolute atomic E-state index is 12.8. The van der Waals surface area contributed by atoms with Gasteiger partial charge in [-0.15, -0.1) is 0 Å². The number of methoxy groups -OCH3 is 2. The van der Waals surface area contributed by atoms with E-state index in [2.05, 4.69) is 16.5 Å². The van der Waals surface area contributed by atoms with Gasteiger partial charge in [-0.05, 0) is 44.5 Å². The number of rotatable bonds is 7. The Balaban J connectivity index is 2.04. The summed E-state index contributed by atoms with van der Waals surface area (Å²) >= 11 is 1.46. The average molecular weight is 415 g/mol. The number of benzene rings is 2. The van der Waals surface area contributed by atoms with E-state index in [4.69, 9.17) is 14.2 Å². The van der Waals surface area contributed by atoms with Crippen LogP contribution in [0.4, 0.5) is 0 Å². The van der Waals surface area contributed by atoms with E-state index in [1.165, 1.54) is 11.3 Å². The molecule has 0 aliphatic heterocycles. The van der Waals surface area contributed by atoms with Gasteiger partial charge in [0.15, 0.2) is 16.3 Å². The van der Waals surface area contributed by atoms with Crippen molar-refractivity contribution < 1.29 is 19.0 Å². The number of carbonyl (C=O) groups excluding carboxylic acids is 1. The number of hydrogen-bond acceptors (Lipinski definition) is 5. The second kappa shape index (κ2) is 9.13. The van der Waals surface area contributed by atoms with Crippen LogP contribution in [0.25, 0.3) is 10.2 Å². The first kappa shape index (κ1) is 20.9. The molecule has 154 valence electrons. The second-order valence-corrected chi connectivity index (χ2v) is 7.83. The normalized spacial score (nSPS) is 11.9. The molecular formula is C22H26N2O4S. The summed E-state index contributed by atoms with van der Waals surface area (Å²) in [5, 5.41) is 0. The summed E-state index contributed by atoms with van der Waals surface area (Å²) in [5.41, 5.74) is 1.50. The summed E-state index contributed by atoms with van der Waals surface area (Å²) in [6.45, 7) is 6.78. The molecular weight excluding hydrogens is 388 g/mol. The second-order valence-electron chi connectivity index (χ2n) is 6.82. The van der Waals surface area contributed by atoms with Crippen LogP contribution in [-0.2, 0) is 6.54 Å². The topological polar surface area (TPSA) is 62.1 Å².